The fourth-order valence-electron chi connectivity index (χ4n) is 1.91. The number of imide groups is 1. The molecule has 0 aromatic carbocycles. The molecule has 0 atom stereocenters. The SMILES string of the molecule is O=C1CN(CC(=O)Nc2cc(-c3ccco3)[nH]n2)C(=O)N1. The maximum Gasteiger partial charge on any atom is 0.325 e. The molecule has 0 spiro atoms. The van der Waals surface area contributed by atoms with Crippen LogP contribution in [-0.4, -0.2) is 46.0 Å². The Morgan fingerprint density at radius 1 is 1.48 bits per heavy atom. The van der Waals surface area contributed by atoms with Crippen LogP contribution in [0.4, 0.5) is 10.6 Å². The fourth-order valence-corrected chi connectivity index (χ4v) is 1.91. The summed E-state index contributed by atoms with van der Waals surface area (Å²) < 4.78 is 5.19. The minimum absolute atomic E-state index is 0.121. The Kier molecular flexibility index (Phi) is 3.14. The summed E-state index contributed by atoms with van der Waals surface area (Å²) in [7, 11) is 0. The third-order valence-electron chi connectivity index (χ3n) is 2.83. The normalized spacial score (nSPS) is 14.4. The number of carbonyl (C=O) groups excluding carboxylic acids is 3. The highest BCUT2D eigenvalue weighted by Crippen LogP contribution is 2.19. The number of hydrogen-bond donors (Lipinski definition) is 3. The molecule has 1 fully saturated rings. The van der Waals surface area contributed by atoms with Crippen molar-refractivity contribution in [2.45, 2.75) is 0 Å². The van der Waals surface area contributed by atoms with Gasteiger partial charge in [0.05, 0.1) is 6.26 Å². The number of aromatic amines is 1. The summed E-state index contributed by atoms with van der Waals surface area (Å²) in [5.74, 6) is 0.0230. The minimum atomic E-state index is -0.576. The van der Waals surface area contributed by atoms with Crippen LogP contribution in [0.25, 0.3) is 11.5 Å². The largest absolute Gasteiger partial charge is 0.463 e. The first-order chi connectivity index (χ1) is 10.1. The van der Waals surface area contributed by atoms with Gasteiger partial charge in [-0.25, -0.2) is 4.79 Å². The summed E-state index contributed by atoms with van der Waals surface area (Å²) in [6, 6.07) is 4.51. The van der Waals surface area contributed by atoms with Crippen LogP contribution in [0.15, 0.2) is 28.9 Å². The lowest BCUT2D eigenvalue weighted by atomic mass is 10.3. The van der Waals surface area contributed by atoms with Crippen LogP contribution in [0.3, 0.4) is 0 Å². The van der Waals surface area contributed by atoms with E-state index in [-0.39, 0.29) is 13.1 Å². The molecule has 4 amide bonds. The van der Waals surface area contributed by atoms with E-state index in [1.54, 1.807) is 18.2 Å². The van der Waals surface area contributed by atoms with Crippen molar-refractivity contribution in [1.82, 2.24) is 20.4 Å². The van der Waals surface area contributed by atoms with Gasteiger partial charge in [-0.15, -0.1) is 0 Å². The molecule has 21 heavy (non-hydrogen) atoms. The van der Waals surface area contributed by atoms with Gasteiger partial charge in [-0.3, -0.25) is 20.0 Å². The van der Waals surface area contributed by atoms with Crippen molar-refractivity contribution in [2.75, 3.05) is 18.4 Å². The van der Waals surface area contributed by atoms with Crippen LogP contribution in [0.2, 0.25) is 0 Å². The molecule has 9 nitrogen and oxygen atoms in total. The molecule has 0 bridgehead atoms. The van der Waals surface area contributed by atoms with Gasteiger partial charge in [0.1, 0.15) is 18.8 Å². The molecule has 0 aliphatic carbocycles. The van der Waals surface area contributed by atoms with Crippen molar-refractivity contribution in [3.8, 4) is 11.5 Å². The van der Waals surface area contributed by atoms with E-state index in [1.807, 2.05) is 0 Å². The number of hydrogen-bond acceptors (Lipinski definition) is 5. The number of nitrogens with zero attached hydrogens (tertiary/aromatic N) is 2. The molecular formula is C12H11N5O4. The standard InChI is InChI=1S/C12H11N5O4/c18-10(5-17-6-11(19)14-12(17)20)13-9-4-7(15-16-9)8-2-1-3-21-8/h1-4H,5-6H2,(H,14,19,20)(H2,13,15,16,18). The van der Waals surface area contributed by atoms with Crippen molar-refractivity contribution in [2.24, 2.45) is 0 Å². The Morgan fingerprint density at radius 2 is 2.33 bits per heavy atom. The predicted molar refractivity (Wildman–Crippen MR) is 70.0 cm³/mol. The number of rotatable bonds is 4. The summed E-state index contributed by atoms with van der Waals surface area (Å²) in [5.41, 5.74) is 0.615. The van der Waals surface area contributed by atoms with E-state index in [9.17, 15) is 14.4 Å². The Hall–Kier alpha value is -3.10. The van der Waals surface area contributed by atoms with Crippen molar-refractivity contribution in [1.29, 1.82) is 0 Å². The Balaban J connectivity index is 1.60. The topological polar surface area (TPSA) is 120 Å². The second-order valence-corrected chi connectivity index (χ2v) is 4.40. The first-order valence-corrected chi connectivity index (χ1v) is 6.10. The lowest BCUT2D eigenvalue weighted by Gasteiger charge is -2.11. The molecule has 3 N–H and O–H groups in total. The Morgan fingerprint density at radius 3 is 3.00 bits per heavy atom. The van der Waals surface area contributed by atoms with Crippen LogP contribution in [0.5, 0.6) is 0 Å². The second-order valence-electron chi connectivity index (χ2n) is 4.40. The highest BCUT2D eigenvalue weighted by molar-refractivity contribution is 6.04. The van der Waals surface area contributed by atoms with Gasteiger partial charge < -0.3 is 14.6 Å². The van der Waals surface area contributed by atoms with Gasteiger partial charge in [0.2, 0.25) is 11.8 Å². The van der Waals surface area contributed by atoms with E-state index in [0.717, 1.165) is 4.90 Å². The van der Waals surface area contributed by atoms with E-state index in [1.165, 1.54) is 6.26 Å². The number of H-pyrrole nitrogens is 1. The third-order valence-corrected chi connectivity index (χ3v) is 2.83. The second kappa shape index (κ2) is 5.12. The lowest BCUT2D eigenvalue weighted by molar-refractivity contribution is -0.119. The summed E-state index contributed by atoms with van der Waals surface area (Å²) in [6.07, 6.45) is 1.53. The molecule has 0 radical (unpaired) electrons. The molecule has 2 aromatic rings. The van der Waals surface area contributed by atoms with Crippen LogP contribution in [0, 0.1) is 0 Å². The zero-order chi connectivity index (χ0) is 14.8. The first kappa shape index (κ1) is 12.9. The Labute approximate surface area is 118 Å². The number of anilines is 1. The molecular weight excluding hydrogens is 278 g/mol. The number of amides is 4. The highest BCUT2D eigenvalue weighted by Gasteiger charge is 2.28. The van der Waals surface area contributed by atoms with Crippen molar-refractivity contribution in [3.63, 3.8) is 0 Å². The number of carbonyl (C=O) groups is 3. The van der Waals surface area contributed by atoms with Crippen LogP contribution in [-0.2, 0) is 9.59 Å². The highest BCUT2D eigenvalue weighted by atomic mass is 16.3. The van der Waals surface area contributed by atoms with E-state index in [2.05, 4.69) is 20.8 Å². The summed E-state index contributed by atoms with van der Waals surface area (Å²) in [5, 5.41) is 11.3. The molecule has 0 saturated carbocycles. The van der Waals surface area contributed by atoms with Gasteiger partial charge in [0.15, 0.2) is 11.6 Å². The van der Waals surface area contributed by atoms with E-state index >= 15 is 0 Å². The van der Waals surface area contributed by atoms with Crippen LogP contribution < -0.4 is 10.6 Å². The summed E-state index contributed by atoms with van der Waals surface area (Å²) in [4.78, 5) is 35.2. The van der Waals surface area contributed by atoms with Gasteiger partial charge in [0.25, 0.3) is 0 Å². The zero-order valence-corrected chi connectivity index (χ0v) is 10.8. The van der Waals surface area contributed by atoms with Gasteiger partial charge in [0, 0.05) is 6.07 Å². The molecule has 1 aliphatic heterocycles. The number of urea groups is 1. The van der Waals surface area contributed by atoms with E-state index in [4.69, 9.17) is 4.42 Å². The molecule has 9 heteroatoms. The quantitative estimate of drug-likeness (QED) is 0.692. The summed E-state index contributed by atoms with van der Waals surface area (Å²) >= 11 is 0. The van der Waals surface area contributed by atoms with Gasteiger partial charge in [-0.05, 0) is 12.1 Å². The summed E-state index contributed by atoms with van der Waals surface area (Å²) in [6.45, 7) is -0.342. The molecule has 2 aromatic heterocycles. The van der Waals surface area contributed by atoms with Gasteiger partial charge >= 0.3 is 6.03 Å². The monoisotopic (exact) mass is 289 g/mol. The first-order valence-electron chi connectivity index (χ1n) is 6.10. The molecule has 0 unspecified atom stereocenters. The molecule has 1 saturated heterocycles. The maximum atomic E-state index is 11.8. The van der Waals surface area contributed by atoms with E-state index < -0.39 is 17.8 Å². The van der Waals surface area contributed by atoms with Crippen molar-refractivity contribution in [3.05, 3.63) is 24.5 Å². The van der Waals surface area contributed by atoms with Gasteiger partial charge in [-0.1, -0.05) is 0 Å². The van der Waals surface area contributed by atoms with Crippen molar-refractivity contribution >= 4 is 23.7 Å². The smallest absolute Gasteiger partial charge is 0.325 e. The molecule has 108 valence electrons. The average Bonchev–Trinajstić information content (AvgIpc) is 3.11. The number of nitrogens with one attached hydrogen (secondary N) is 3. The van der Waals surface area contributed by atoms with Gasteiger partial charge in [-0.2, -0.15) is 5.10 Å². The zero-order valence-electron chi connectivity index (χ0n) is 10.8. The predicted octanol–water partition coefficient (Wildman–Crippen LogP) is 0.160. The van der Waals surface area contributed by atoms with E-state index in [0.29, 0.717) is 17.3 Å². The number of aromatic nitrogens is 2. The third kappa shape index (κ3) is 2.76. The minimum Gasteiger partial charge on any atom is -0.463 e. The lowest BCUT2D eigenvalue weighted by Crippen LogP contribution is -2.35. The Bertz CT molecular complexity index is 690. The molecule has 3 heterocycles. The average molecular weight is 289 g/mol. The maximum absolute atomic E-state index is 11.8. The number of furan rings is 1. The molecule has 1 aliphatic rings. The molecule has 3 rings (SSSR count). The van der Waals surface area contributed by atoms with Crippen LogP contribution in [0.1, 0.15) is 0 Å². The van der Waals surface area contributed by atoms with Crippen molar-refractivity contribution < 1.29 is 18.8 Å². The van der Waals surface area contributed by atoms with Crippen LogP contribution >= 0.6 is 0 Å². The fraction of sp³-hybridized carbons (Fsp3) is 0.167.